The Bertz CT molecular complexity index is 465. The van der Waals surface area contributed by atoms with E-state index < -0.39 is 5.54 Å². The van der Waals surface area contributed by atoms with Crippen LogP contribution in [0, 0.1) is 0 Å². The van der Waals surface area contributed by atoms with E-state index in [2.05, 4.69) is 26.2 Å². The van der Waals surface area contributed by atoms with Crippen molar-refractivity contribution in [2.24, 2.45) is 0 Å². The fraction of sp³-hybridized carbons (Fsp3) is 0.571. The van der Waals surface area contributed by atoms with E-state index in [1.54, 1.807) is 18.0 Å². The van der Waals surface area contributed by atoms with Gasteiger partial charge in [-0.1, -0.05) is 0 Å². The number of thioether (sulfide) groups is 1. The summed E-state index contributed by atoms with van der Waals surface area (Å²) in [5, 5.41) is 4.31. The zero-order chi connectivity index (χ0) is 14.6. The average molecular weight is 359 g/mol. The van der Waals surface area contributed by atoms with Gasteiger partial charge < -0.3 is 4.74 Å². The summed E-state index contributed by atoms with van der Waals surface area (Å²) in [6, 6.07) is 4.34. The highest BCUT2D eigenvalue weighted by Crippen LogP contribution is 2.28. The van der Waals surface area contributed by atoms with E-state index in [0.717, 1.165) is 22.3 Å². The summed E-state index contributed by atoms with van der Waals surface area (Å²) in [6.07, 6.45) is 4.03. The predicted molar refractivity (Wildman–Crippen MR) is 83.9 cm³/mol. The third kappa shape index (κ3) is 4.46. The third-order valence-corrected chi connectivity index (χ3v) is 4.76. The monoisotopic (exact) mass is 358 g/mol. The molecule has 110 valence electrons. The molecule has 0 bridgehead atoms. The number of rotatable bonds is 7. The summed E-state index contributed by atoms with van der Waals surface area (Å²) in [7, 11) is 0. The van der Waals surface area contributed by atoms with Gasteiger partial charge in [-0.25, -0.2) is 4.98 Å². The van der Waals surface area contributed by atoms with Crippen molar-refractivity contribution >= 4 is 33.7 Å². The number of aromatic nitrogens is 1. The molecule has 1 aromatic heterocycles. The first kappa shape index (κ1) is 15.8. The molecule has 0 aliphatic heterocycles. The molecule has 1 aliphatic carbocycles. The minimum absolute atomic E-state index is 0.184. The molecule has 1 aliphatic rings. The summed E-state index contributed by atoms with van der Waals surface area (Å²) >= 11 is 4.93. The molecule has 0 aromatic carbocycles. The lowest BCUT2D eigenvalue weighted by atomic mass is 10.1. The highest BCUT2D eigenvalue weighted by molar-refractivity contribution is 9.10. The van der Waals surface area contributed by atoms with Gasteiger partial charge in [0.15, 0.2) is 0 Å². The van der Waals surface area contributed by atoms with Crippen LogP contribution in [0.2, 0.25) is 0 Å². The lowest BCUT2D eigenvalue weighted by Crippen LogP contribution is -2.53. The Morgan fingerprint density at radius 1 is 1.60 bits per heavy atom. The highest BCUT2D eigenvalue weighted by atomic mass is 79.9. The van der Waals surface area contributed by atoms with Crippen LogP contribution in [0.3, 0.4) is 0 Å². The Morgan fingerprint density at radius 3 is 2.90 bits per heavy atom. The maximum atomic E-state index is 12.2. The summed E-state index contributed by atoms with van der Waals surface area (Å²) in [4.78, 5) is 16.5. The lowest BCUT2D eigenvalue weighted by Gasteiger charge is -2.28. The van der Waals surface area contributed by atoms with Crippen molar-refractivity contribution < 1.29 is 9.53 Å². The number of carbonyl (C=O) groups is 1. The van der Waals surface area contributed by atoms with Crippen LogP contribution in [0.4, 0.5) is 0 Å². The van der Waals surface area contributed by atoms with Gasteiger partial charge in [0.05, 0.1) is 11.6 Å². The molecule has 1 N–H and O–H groups in total. The number of carbonyl (C=O) groups excluding carboxylic acids is 1. The zero-order valence-corrected chi connectivity index (χ0v) is 14.1. The van der Waals surface area contributed by atoms with Crippen LogP contribution in [0.25, 0.3) is 0 Å². The number of hydrogen-bond donors (Lipinski definition) is 1. The quantitative estimate of drug-likeness (QED) is 0.599. The summed E-state index contributed by atoms with van der Waals surface area (Å²) < 4.78 is 6.15. The summed E-state index contributed by atoms with van der Waals surface area (Å²) in [6.45, 7) is 4.15. The van der Waals surface area contributed by atoms with Crippen molar-refractivity contribution in [3.63, 3.8) is 0 Å². The first-order chi connectivity index (χ1) is 9.53. The van der Waals surface area contributed by atoms with Crippen molar-refractivity contribution in [1.82, 2.24) is 10.3 Å². The number of nitrogens with one attached hydrogen (secondary N) is 1. The molecule has 1 aromatic rings. The lowest BCUT2D eigenvalue weighted by molar-refractivity contribution is -0.149. The Morgan fingerprint density at radius 2 is 2.35 bits per heavy atom. The number of halogens is 1. The molecule has 1 atom stereocenters. The van der Waals surface area contributed by atoms with Gasteiger partial charge in [-0.3, -0.25) is 10.1 Å². The van der Waals surface area contributed by atoms with E-state index >= 15 is 0 Å². The maximum Gasteiger partial charge on any atom is 0.326 e. The third-order valence-electron chi connectivity index (χ3n) is 3.03. The summed E-state index contributed by atoms with van der Waals surface area (Å²) in [5.41, 5.74) is -0.656. The van der Waals surface area contributed by atoms with Crippen LogP contribution in [-0.4, -0.2) is 34.9 Å². The Labute approximate surface area is 132 Å². The standard InChI is InChI=1S/C14H19BrN2O2S/c1-3-19-13(18)14(2,17-11-5-6-11)9-20-12-7-4-10(15)8-16-12/h4,7-8,11,17H,3,5-6,9H2,1-2H3. The highest BCUT2D eigenvalue weighted by Gasteiger charge is 2.39. The minimum Gasteiger partial charge on any atom is -0.465 e. The van der Waals surface area contributed by atoms with Gasteiger partial charge in [0.2, 0.25) is 0 Å². The van der Waals surface area contributed by atoms with E-state index in [4.69, 9.17) is 4.74 Å². The smallest absolute Gasteiger partial charge is 0.326 e. The molecular formula is C14H19BrN2O2S. The van der Waals surface area contributed by atoms with Crippen LogP contribution in [0.1, 0.15) is 26.7 Å². The van der Waals surface area contributed by atoms with Gasteiger partial charge in [0.1, 0.15) is 5.54 Å². The van der Waals surface area contributed by atoms with Crippen LogP contribution < -0.4 is 5.32 Å². The molecule has 1 saturated carbocycles. The number of nitrogens with zero attached hydrogens (tertiary/aromatic N) is 1. The van der Waals surface area contributed by atoms with E-state index in [0.29, 0.717) is 18.4 Å². The normalized spacial score (nSPS) is 17.6. The first-order valence-corrected chi connectivity index (χ1v) is 8.50. The maximum absolute atomic E-state index is 12.2. The minimum atomic E-state index is -0.656. The van der Waals surface area contributed by atoms with E-state index in [-0.39, 0.29) is 5.97 Å². The molecule has 0 amide bonds. The average Bonchev–Trinajstić information content (AvgIpc) is 3.22. The second kappa shape index (κ2) is 6.91. The van der Waals surface area contributed by atoms with E-state index in [1.165, 1.54) is 0 Å². The number of hydrogen-bond acceptors (Lipinski definition) is 5. The van der Waals surface area contributed by atoms with Gasteiger partial charge in [-0.15, -0.1) is 11.8 Å². The predicted octanol–water partition coefficient (Wildman–Crippen LogP) is 3.01. The molecule has 1 unspecified atom stereocenters. The van der Waals surface area contributed by atoms with Crippen molar-refractivity contribution in [3.8, 4) is 0 Å². The second-order valence-corrected chi connectivity index (χ2v) is 6.99. The SMILES string of the molecule is CCOC(=O)C(C)(CSc1ccc(Br)cn1)NC1CC1. The van der Waals surface area contributed by atoms with Gasteiger partial charge in [-0.05, 0) is 54.8 Å². The number of esters is 1. The molecule has 4 nitrogen and oxygen atoms in total. The molecule has 1 heterocycles. The van der Waals surface area contributed by atoms with Crippen LogP contribution in [-0.2, 0) is 9.53 Å². The Kier molecular flexibility index (Phi) is 5.46. The first-order valence-electron chi connectivity index (χ1n) is 6.73. The zero-order valence-electron chi connectivity index (χ0n) is 11.7. The molecule has 1 fully saturated rings. The molecule has 0 radical (unpaired) electrons. The van der Waals surface area contributed by atoms with Gasteiger partial charge >= 0.3 is 5.97 Å². The van der Waals surface area contributed by atoms with Crippen LogP contribution in [0.15, 0.2) is 27.8 Å². The number of ether oxygens (including phenoxy) is 1. The Hall–Kier alpha value is -0.590. The fourth-order valence-corrected chi connectivity index (χ4v) is 2.96. The molecule has 20 heavy (non-hydrogen) atoms. The molecule has 2 rings (SSSR count). The largest absolute Gasteiger partial charge is 0.465 e. The topological polar surface area (TPSA) is 51.2 Å². The van der Waals surface area contributed by atoms with Gasteiger partial charge in [0, 0.05) is 22.5 Å². The molecule has 0 spiro atoms. The molecular weight excluding hydrogens is 340 g/mol. The van der Waals surface area contributed by atoms with Crippen LogP contribution >= 0.6 is 27.7 Å². The second-order valence-electron chi connectivity index (χ2n) is 5.07. The van der Waals surface area contributed by atoms with Gasteiger partial charge in [0.25, 0.3) is 0 Å². The van der Waals surface area contributed by atoms with Crippen LogP contribution in [0.5, 0.6) is 0 Å². The van der Waals surface area contributed by atoms with E-state index in [1.807, 2.05) is 26.0 Å². The molecule has 0 saturated heterocycles. The van der Waals surface area contributed by atoms with E-state index in [9.17, 15) is 4.79 Å². The van der Waals surface area contributed by atoms with Crippen molar-refractivity contribution in [2.45, 2.75) is 43.3 Å². The molecule has 6 heteroatoms. The fourth-order valence-electron chi connectivity index (χ4n) is 1.79. The van der Waals surface area contributed by atoms with Crippen molar-refractivity contribution in [3.05, 3.63) is 22.8 Å². The van der Waals surface area contributed by atoms with Crippen molar-refractivity contribution in [1.29, 1.82) is 0 Å². The van der Waals surface area contributed by atoms with Gasteiger partial charge in [-0.2, -0.15) is 0 Å². The summed E-state index contributed by atoms with van der Waals surface area (Å²) in [5.74, 6) is 0.424. The Balaban J connectivity index is 1.99. The number of pyridine rings is 1. The van der Waals surface area contributed by atoms with Crippen molar-refractivity contribution in [2.75, 3.05) is 12.4 Å².